The van der Waals surface area contributed by atoms with Gasteiger partial charge in [-0.05, 0) is 12.8 Å². The first kappa shape index (κ1) is 18.1. The SMILES string of the molecule is C=C[C@H](C)CC(=O)O[C@H]1[C@H](OC)[C@@H](OC)[C@@H](OC)O[C@@H]1C. The Morgan fingerprint density at radius 3 is 2.29 bits per heavy atom. The second-order valence-electron chi connectivity index (χ2n) is 5.22. The van der Waals surface area contributed by atoms with Gasteiger partial charge in [-0.25, -0.2) is 0 Å². The molecule has 0 aromatic rings. The van der Waals surface area contributed by atoms with Gasteiger partial charge in [-0.3, -0.25) is 4.79 Å². The first-order valence-electron chi connectivity index (χ1n) is 7.04. The molecule has 6 heteroatoms. The van der Waals surface area contributed by atoms with Crippen LogP contribution in [0.3, 0.4) is 0 Å². The Morgan fingerprint density at radius 1 is 1.19 bits per heavy atom. The first-order valence-corrected chi connectivity index (χ1v) is 7.04. The maximum Gasteiger partial charge on any atom is 0.306 e. The van der Waals surface area contributed by atoms with Crippen LogP contribution in [0.2, 0.25) is 0 Å². The Labute approximate surface area is 126 Å². The van der Waals surface area contributed by atoms with Crippen LogP contribution in [0.5, 0.6) is 0 Å². The van der Waals surface area contributed by atoms with Crippen LogP contribution < -0.4 is 0 Å². The van der Waals surface area contributed by atoms with E-state index in [9.17, 15) is 4.79 Å². The maximum absolute atomic E-state index is 12.0. The molecule has 0 saturated carbocycles. The van der Waals surface area contributed by atoms with Crippen LogP contribution >= 0.6 is 0 Å². The maximum atomic E-state index is 12.0. The molecule has 1 aliphatic rings. The molecule has 0 aromatic heterocycles. The van der Waals surface area contributed by atoms with Crippen molar-refractivity contribution in [3.8, 4) is 0 Å². The van der Waals surface area contributed by atoms with Crippen LogP contribution in [0.1, 0.15) is 20.3 Å². The normalized spacial score (nSPS) is 34.2. The van der Waals surface area contributed by atoms with Crippen LogP contribution in [0.25, 0.3) is 0 Å². The fourth-order valence-corrected chi connectivity index (χ4v) is 2.39. The lowest BCUT2D eigenvalue weighted by molar-refractivity contribution is -0.298. The number of hydrogen-bond donors (Lipinski definition) is 0. The summed E-state index contributed by atoms with van der Waals surface area (Å²) in [7, 11) is 4.63. The van der Waals surface area contributed by atoms with E-state index < -0.39 is 24.6 Å². The first-order chi connectivity index (χ1) is 9.98. The number of allylic oxidation sites excluding steroid dienone is 1. The highest BCUT2D eigenvalue weighted by Crippen LogP contribution is 2.28. The van der Waals surface area contributed by atoms with E-state index in [2.05, 4.69) is 6.58 Å². The summed E-state index contributed by atoms with van der Waals surface area (Å²) < 4.78 is 27.3. The van der Waals surface area contributed by atoms with Crippen molar-refractivity contribution in [2.75, 3.05) is 21.3 Å². The monoisotopic (exact) mass is 302 g/mol. The van der Waals surface area contributed by atoms with Gasteiger partial charge in [-0.2, -0.15) is 0 Å². The summed E-state index contributed by atoms with van der Waals surface area (Å²) in [5.41, 5.74) is 0. The van der Waals surface area contributed by atoms with Crippen molar-refractivity contribution in [3.05, 3.63) is 12.7 Å². The number of carbonyl (C=O) groups is 1. The van der Waals surface area contributed by atoms with E-state index >= 15 is 0 Å². The van der Waals surface area contributed by atoms with Gasteiger partial charge in [0.25, 0.3) is 0 Å². The molecular formula is C15H26O6. The molecular weight excluding hydrogens is 276 g/mol. The van der Waals surface area contributed by atoms with Gasteiger partial charge in [0.05, 0.1) is 12.5 Å². The molecule has 0 aliphatic carbocycles. The van der Waals surface area contributed by atoms with Crippen molar-refractivity contribution in [2.24, 2.45) is 5.92 Å². The van der Waals surface area contributed by atoms with Crippen molar-refractivity contribution in [3.63, 3.8) is 0 Å². The fourth-order valence-electron chi connectivity index (χ4n) is 2.39. The summed E-state index contributed by atoms with van der Waals surface area (Å²) in [6, 6.07) is 0. The minimum atomic E-state index is -0.558. The molecule has 1 fully saturated rings. The van der Waals surface area contributed by atoms with Crippen molar-refractivity contribution in [1.82, 2.24) is 0 Å². The Kier molecular flexibility index (Phi) is 7.31. The van der Waals surface area contributed by atoms with E-state index in [1.54, 1.807) is 20.3 Å². The standard InChI is InChI=1S/C15H26O6/c1-7-9(2)8-11(16)21-12-10(3)20-15(19-6)14(18-5)13(12)17-4/h7,9-10,12-15H,1,8H2,2-6H3/t9-,10+,12+,13-,14+,15-/m0/s1. The van der Waals surface area contributed by atoms with Gasteiger partial charge in [0, 0.05) is 21.3 Å². The van der Waals surface area contributed by atoms with Crippen LogP contribution in [-0.2, 0) is 28.5 Å². The zero-order valence-electron chi connectivity index (χ0n) is 13.4. The molecule has 6 nitrogen and oxygen atoms in total. The highest BCUT2D eigenvalue weighted by atomic mass is 16.7. The third-order valence-electron chi connectivity index (χ3n) is 3.66. The smallest absolute Gasteiger partial charge is 0.306 e. The molecule has 1 saturated heterocycles. The number of methoxy groups -OCH3 is 3. The second kappa shape index (κ2) is 8.48. The van der Waals surface area contributed by atoms with Crippen molar-refractivity contribution < 1.29 is 28.5 Å². The molecule has 1 rings (SSSR count). The van der Waals surface area contributed by atoms with Crippen LogP contribution in [0.15, 0.2) is 12.7 Å². The van der Waals surface area contributed by atoms with E-state index in [0.29, 0.717) is 0 Å². The Balaban J connectivity index is 2.78. The van der Waals surface area contributed by atoms with Gasteiger partial charge in [-0.1, -0.05) is 13.0 Å². The highest BCUT2D eigenvalue weighted by molar-refractivity contribution is 5.70. The lowest BCUT2D eigenvalue weighted by atomic mass is 9.99. The molecule has 1 heterocycles. The van der Waals surface area contributed by atoms with Crippen LogP contribution in [-0.4, -0.2) is 58.0 Å². The average Bonchev–Trinajstić information content (AvgIpc) is 2.47. The van der Waals surface area contributed by atoms with E-state index in [0.717, 1.165) is 0 Å². The summed E-state index contributed by atoms with van der Waals surface area (Å²) in [6.45, 7) is 7.38. The summed E-state index contributed by atoms with van der Waals surface area (Å²) in [6.07, 6.45) is -0.386. The molecule has 0 unspecified atom stereocenters. The number of rotatable bonds is 7. The zero-order chi connectivity index (χ0) is 16.0. The van der Waals surface area contributed by atoms with Gasteiger partial charge >= 0.3 is 5.97 Å². The van der Waals surface area contributed by atoms with Crippen molar-refractivity contribution >= 4 is 5.97 Å². The molecule has 0 aromatic carbocycles. The minimum absolute atomic E-state index is 0.0586. The molecule has 0 spiro atoms. The predicted molar refractivity (Wildman–Crippen MR) is 76.8 cm³/mol. The molecule has 0 radical (unpaired) electrons. The Bertz CT molecular complexity index is 345. The molecule has 0 N–H and O–H groups in total. The molecule has 6 atom stereocenters. The summed E-state index contributed by atoms with van der Waals surface area (Å²) >= 11 is 0. The molecule has 122 valence electrons. The van der Waals surface area contributed by atoms with E-state index in [-0.39, 0.29) is 24.4 Å². The van der Waals surface area contributed by atoms with E-state index in [1.165, 1.54) is 7.11 Å². The van der Waals surface area contributed by atoms with Crippen LogP contribution in [0, 0.1) is 5.92 Å². The molecule has 0 bridgehead atoms. The second-order valence-corrected chi connectivity index (χ2v) is 5.22. The van der Waals surface area contributed by atoms with Gasteiger partial charge < -0.3 is 23.7 Å². The predicted octanol–water partition coefficient (Wildman–Crippen LogP) is 1.53. The average molecular weight is 302 g/mol. The topological polar surface area (TPSA) is 63.2 Å². The number of hydrogen-bond acceptors (Lipinski definition) is 6. The number of carbonyl (C=O) groups excluding carboxylic acids is 1. The van der Waals surface area contributed by atoms with Gasteiger partial charge in [0.2, 0.25) is 0 Å². The lowest BCUT2D eigenvalue weighted by Crippen LogP contribution is -2.59. The van der Waals surface area contributed by atoms with Crippen molar-refractivity contribution in [2.45, 2.75) is 51.0 Å². The molecule has 21 heavy (non-hydrogen) atoms. The summed E-state index contributed by atoms with van der Waals surface area (Å²) in [5, 5.41) is 0. The summed E-state index contributed by atoms with van der Waals surface area (Å²) in [5.74, 6) is -0.251. The number of esters is 1. The largest absolute Gasteiger partial charge is 0.457 e. The zero-order valence-corrected chi connectivity index (χ0v) is 13.4. The molecule has 0 amide bonds. The van der Waals surface area contributed by atoms with Crippen LogP contribution in [0.4, 0.5) is 0 Å². The van der Waals surface area contributed by atoms with E-state index in [4.69, 9.17) is 23.7 Å². The lowest BCUT2D eigenvalue weighted by Gasteiger charge is -2.43. The van der Waals surface area contributed by atoms with Gasteiger partial charge in [-0.15, -0.1) is 6.58 Å². The number of ether oxygens (including phenoxy) is 5. The third-order valence-corrected chi connectivity index (χ3v) is 3.66. The highest BCUT2D eigenvalue weighted by Gasteiger charge is 2.47. The van der Waals surface area contributed by atoms with E-state index in [1.807, 2.05) is 13.8 Å². The fraction of sp³-hybridized carbons (Fsp3) is 0.800. The third kappa shape index (κ3) is 4.51. The summed E-state index contributed by atoms with van der Waals surface area (Å²) in [4.78, 5) is 12.0. The minimum Gasteiger partial charge on any atom is -0.457 e. The molecule has 1 aliphatic heterocycles. The van der Waals surface area contributed by atoms with Crippen molar-refractivity contribution in [1.29, 1.82) is 0 Å². The van der Waals surface area contributed by atoms with Gasteiger partial charge in [0.15, 0.2) is 12.4 Å². The Hall–Kier alpha value is -0.950. The Morgan fingerprint density at radius 2 is 1.81 bits per heavy atom. The quantitative estimate of drug-likeness (QED) is 0.525. The van der Waals surface area contributed by atoms with Gasteiger partial charge in [0.1, 0.15) is 12.2 Å².